The molecule has 2 aliphatic rings. The molecular formula is C18H30F3N3O2. The van der Waals surface area contributed by atoms with Crippen LogP contribution >= 0.6 is 0 Å². The molecule has 26 heavy (non-hydrogen) atoms. The highest BCUT2D eigenvalue weighted by atomic mass is 19.4. The van der Waals surface area contributed by atoms with E-state index in [1.807, 2.05) is 9.80 Å². The molecule has 0 spiro atoms. The molecule has 5 nitrogen and oxygen atoms in total. The standard InChI is InChI=1S/C18H30F3N3O2/c1-14(2)24(13-18(19,20)21)16(25)12-22-8-10-23(11-9-22)17(26)15-6-4-3-5-7-15/h14-15H,3-13H2,1-2H3. The minimum atomic E-state index is -4.40. The molecule has 8 heteroatoms. The number of rotatable bonds is 5. The lowest BCUT2D eigenvalue weighted by atomic mass is 9.88. The van der Waals surface area contributed by atoms with Crippen molar-refractivity contribution in [2.24, 2.45) is 5.92 Å². The Labute approximate surface area is 153 Å². The van der Waals surface area contributed by atoms with Gasteiger partial charge in [-0.05, 0) is 26.7 Å². The monoisotopic (exact) mass is 377 g/mol. The minimum absolute atomic E-state index is 0.0281. The first kappa shape index (κ1) is 21.0. The van der Waals surface area contributed by atoms with Crippen LogP contribution in [0.2, 0.25) is 0 Å². The SMILES string of the molecule is CC(C)N(CC(F)(F)F)C(=O)CN1CCN(C(=O)C2CCCCC2)CC1. The number of hydrogen-bond donors (Lipinski definition) is 0. The fourth-order valence-corrected chi connectivity index (χ4v) is 3.77. The highest BCUT2D eigenvalue weighted by molar-refractivity contribution is 5.80. The number of nitrogens with zero attached hydrogens (tertiary/aromatic N) is 3. The second kappa shape index (κ2) is 9.06. The summed E-state index contributed by atoms with van der Waals surface area (Å²) in [5.74, 6) is -0.180. The average molecular weight is 377 g/mol. The molecule has 2 amide bonds. The molecule has 0 bridgehead atoms. The summed E-state index contributed by atoms with van der Waals surface area (Å²) < 4.78 is 38.0. The smallest absolute Gasteiger partial charge is 0.340 e. The Hall–Kier alpha value is -1.31. The Morgan fingerprint density at radius 1 is 1.04 bits per heavy atom. The molecule has 0 aromatic rings. The van der Waals surface area contributed by atoms with Crippen molar-refractivity contribution < 1.29 is 22.8 Å². The fraction of sp³-hybridized carbons (Fsp3) is 0.889. The van der Waals surface area contributed by atoms with Gasteiger partial charge in [-0.3, -0.25) is 14.5 Å². The summed E-state index contributed by atoms with van der Waals surface area (Å²) in [6.45, 7) is 4.08. The first-order valence-electron chi connectivity index (χ1n) is 9.54. The topological polar surface area (TPSA) is 43.9 Å². The van der Waals surface area contributed by atoms with Gasteiger partial charge >= 0.3 is 6.18 Å². The first-order valence-corrected chi connectivity index (χ1v) is 9.54. The van der Waals surface area contributed by atoms with E-state index < -0.39 is 24.7 Å². The summed E-state index contributed by atoms with van der Waals surface area (Å²) in [6.07, 6.45) is 0.926. The van der Waals surface area contributed by atoms with Gasteiger partial charge in [0.25, 0.3) is 0 Å². The van der Waals surface area contributed by atoms with Crippen molar-refractivity contribution >= 4 is 11.8 Å². The largest absolute Gasteiger partial charge is 0.406 e. The van der Waals surface area contributed by atoms with Gasteiger partial charge in [-0.25, -0.2) is 0 Å². The number of carbonyl (C=O) groups excluding carboxylic acids is 2. The van der Waals surface area contributed by atoms with Gasteiger partial charge in [0.1, 0.15) is 6.54 Å². The van der Waals surface area contributed by atoms with Crippen LogP contribution in [0, 0.1) is 5.92 Å². The lowest BCUT2D eigenvalue weighted by Gasteiger charge is -2.38. The van der Waals surface area contributed by atoms with E-state index >= 15 is 0 Å². The summed E-state index contributed by atoms with van der Waals surface area (Å²) in [5, 5.41) is 0. The van der Waals surface area contributed by atoms with E-state index in [-0.39, 0.29) is 18.4 Å². The van der Waals surface area contributed by atoms with Gasteiger partial charge < -0.3 is 9.80 Å². The van der Waals surface area contributed by atoms with Crippen molar-refractivity contribution in [2.45, 2.75) is 58.2 Å². The summed E-state index contributed by atoms with van der Waals surface area (Å²) >= 11 is 0. The zero-order valence-corrected chi connectivity index (χ0v) is 15.7. The maximum absolute atomic E-state index is 12.7. The number of amides is 2. The Balaban J connectivity index is 1.81. The summed E-state index contributed by atoms with van der Waals surface area (Å²) in [4.78, 5) is 29.4. The second-order valence-corrected chi connectivity index (χ2v) is 7.67. The quantitative estimate of drug-likeness (QED) is 0.740. The van der Waals surface area contributed by atoms with Crippen LogP contribution in [0.15, 0.2) is 0 Å². The van der Waals surface area contributed by atoms with E-state index in [1.54, 1.807) is 13.8 Å². The zero-order valence-electron chi connectivity index (χ0n) is 15.7. The zero-order chi connectivity index (χ0) is 19.3. The molecule has 0 aromatic carbocycles. The summed E-state index contributed by atoms with van der Waals surface area (Å²) in [5.41, 5.74) is 0. The Kier molecular flexibility index (Phi) is 7.32. The number of carbonyl (C=O) groups is 2. The predicted octanol–water partition coefficient (Wildman–Crippen LogP) is 2.51. The highest BCUT2D eigenvalue weighted by Crippen LogP contribution is 2.26. The third kappa shape index (κ3) is 6.14. The summed E-state index contributed by atoms with van der Waals surface area (Å²) in [7, 11) is 0. The molecular weight excluding hydrogens is 347 g/mol. The number of hydrogen-bond acceptors (Lipinski definition) is 3. The van der Waals surface area contributed by atoms with Crippen LogP contribution in [-0.4, -0.2) is 78.0 Å². The van der Waals surface area contributed by atoms with Crippen molar-refractivity contribution in [3.63, 3.8) is 0 Å². The Bertz CT molecular complexity index is 483. The van der Waals surface area contributed by atoms with Crippen molar-refractivity contribution in [2.75, 3.05) is 39.3 Å². The molecule has 0 unspecified atom stereocenters. The van der Waals surface area contributed by atoms with E-state index in [2.05, 4.69) is 0 Å². The molecule has 0 N–H and O–H groups in total. The van der Waals surface area contributed by atoms with Gasteiger partial charge in [-0.15, -0.1) is 0 Å². The van der Waals surface area contributed by atoms with Crippen LogP contribution in [0.1, 0.15) is 46.0 Å². The number of halogens is 3. The maximum Gasteiger partial charge on any atom is 0.406 e. The molecule has 1 saturated heterocycles. The molecule has 1 saturated carbocycles. The first-order chi connectivity index (χ1) is 12.2. The van der Waals surface area contributed by atoms with Gasteiger partial charge in [-0.1, -0.05) is 19.3 Å². The normalized spacial score (nSPS) is 20.5. The lowest BCUT2D eigenvalue weighted by Crippen LogP contribution is -2.54. The molecule has 1 aliphatic carbocycles. The van der Waals surface area contributed by atoms with Gasteiger partial charge in [0.15, 0.2) is 0 Å². The van der Waals surface area contributed by atoms with Gasteiger partial charge in [0, 0.05) is 38.1 Å². The van der Waals surface area contributed by atoms with Crippen LogP contribution in [0.3, 0.4) is 0 Å². The Morgan fingerprint density at radius 3 is 2.12 bits per heavy atom. The maximum atomic E-state index is 12.7. The molecule has 2 fully saturated rings. The molecule has 2 rings (SSSR count). The van der Waals surface area contributed by atoms with Crippen LogP contribution < -0.4 is 0 Å². The summed E-state index contributed by atoms with van der Waals surface area (Å²) in [6, 6.07) is -0.502. The van der Waals surface area contributed by atoms with Crippen molar-refractivity contribution in [1.29, 1.82) is 0 Å². The molecule has 0 atom stereocenters. The second-order valence-electron chi connectivity index (χ2n) is 7.67. The van der Waals surface area contributed by atoms with E-state index in [0.29, 0.717) is 26.2 Å². The van der Waals surface area contributed by atoms with Gasteiger partial charge in [0.05, 0.1) is 6.54 Å². The van der Waals surface area contributed by atoms with E-state index in [9.17, 15) is 22.8 Å². The Morgan fingerprint density at radius 2 is 1.62 bits per heavy atom. The third-order valence-corrected chi connectivity index (χ3v) is 5.29. The van der Waals surface area contributed by atoms with E-state index in [1.165, 1.54) is 6.42 Å². The molecule has 0 radical (unpaired) electrons. The van der Waals surface area contributed by atoms with Crippen molar-refractivity contribution in [3.05, 3.63) is 0 Å². The van der Waals surface area contributed by atoms with Crippen LogP contribution in [0.5, 0.6) is 0 Å². The van der Waals surface area contributed by atoms with E-state index in [4.69, 9.17) is 0 Å². The van der Waals surface area contributed by atoms with Crippen LogP contribution in [0.25, 0.3) is 0 Å². The van der Waals surface area contributed by atoms with Crippen molar-refractivity contribution in [3.8, 4) is 0 Å². The van der Waals surface area contributed by atoms with Gasteiger partial charge in [0.2, 0.25) is 11.8 Å². The van der Waals surface area contributed by atoms with Crippen molar-refractivity contribution in [1.82, 2.24) is 14.7 Å². The number of piperazine rings is 1. The minimum Gasteiger partial charge on any atom is -0.340 e. The molecule has 0 aromatic heterocycles. The molecule has 1 aliphatic heterocycles. The molecule has 1 heterocycles. The number of alkyl halides is 3. The lowest BCUT2D eigenvalue weighted by molar-refractivity contribution is -0.165. The predicted molar refractivity (Wildman–Crippen MR) is 92.5 cm³/mol. The fourth-order valence-electron chi connectivity index (χ4n) is 3.77. The molecule has 150 valence electrons. The third-order valence-electron chi connectivity index (χ3n) is 5.29. The van der Waals surface area contributed by atoms with Crippen LogP contribution in [0.4, 0.5) is 13.2 Å². The highest BCUT2D eigenvalue weighted by Gasteiger charge is 2.35. The van der Waals surface area contributed by atoms with Gasteiger partial charge in [-0.2, -0.15) is 13.2 Å². The van der Waals surface area contributed by atoms with E-state index in [0.717, 1.165) is 30.6 Å². The van der Waals surface area contributed by atoms with Crippen LogP contribution in [-0.2, 0) is 9.59 Å². The average Bonchev–Trinajstić information content (AvgIpc) is 2.59.